The van der Waals surface area contributed by atoms with Crippen LogP contribution in [0.25, 0.3) is 0 Å². The summed E-state index contributed by atoms with van der Waals surface area (Å²) in [6, 6.07) is 2.26. The molecule has 0 aromatic rings. The summed E-state index contributed by atoms with van der Waals surface area (Å²) in [5.41, 5.74) is 5.35. The Morgan fingerprint density at radius 1 is 1.40 bits per heavy atom. The van der Waals surface area contributed by atoms with Crippen LogP contribution in [0.4, 0.5) is 0 Å². The molecule has 0 aromatic carbocycles. The van der Waals surface area contributed by atoms with Gasteiger partial charge in [0.25, 0.3) is 0 Å². The number of hydrogen-bond acceptors (Lipinski definition) is 3. The maximum Gasteiger partial charge on any atom is 0.153 e. The van der Waals surface area contributed by atoms with Crippen LogP contribution >= 0.6 is 0 Å². The second-order valence-corrected chi connectivity index (χ2v) is 4.18. The van der Waals surface area contributed by atoms with Gasteiger partial charge < -0.3 is 15.2 Å². The molecular formula is C6H17NO2Si. The van der Waals surface area contributed by atoms with Crippen molar-refractivity contribution in [1.82, 2.24) is 0 Å². The van der Waals surface area contributed by atoms with E-state index in [9.17, 15) is 0 Å². The summed E-state index contributed by atoms with van der Waals surface area (Å²) in [6.07, 6.45) is 0.0122. The van der Waals surface area contributed by atoms with Crippen LogP contribution in [0.5, 0.6) is 0 Å². The molecule has 0 atom stereocenters. The molecule has 0 fully saturated rings. The molecule has 0 heterocycles. The molecule has 0 saturated heterocycles. The van der Waals surface area contributed by atoms with E-state index < -0.39 is 0 Å². The lowest BCUT2D eigenvalue weighted by Gasteiger charge is -2.11. The third-order valence-electron chi connectivity index (χ3n) is 1.42. The van der Waals surface area contributed by atoms with Gasteiger partial charge in [0.05, 0.1) is 0 Å². The summed E-state index contributed by atoms with van der Waals surface area (Å²) in [5.74, 6) is 0. The molecule has 62 valence electrons. The molecule has 0 unspecified atom stereocenters. The first-order valence-corrected chi connectivity index (χ1v) is 5.60. The zero-order valence-corrected chi connectivity index (χ0v) is 8.21. The molecule has 0 radical (unpaired) electrons. The van der Waals surface area contributed by atoms with Crippen LogP contribution in [0.2, 0.25) is 12.1 Å². The molecule has 0 amide bonds. The Bertz CT molecular complexity index is 68.8. The average molecular weight is 163 g/mol. The van der Waals surface area contributed by atoms with Gasteiger partial charge in [-0.1, -0.05) is 6.04 Å². The van der Waals surface area contributed by atoms with Crippen molar-refractivity contribution in [3.63, 3.8) is 0 Å². The lowest BCUT2D eigenvalue weighted by molar-refractivity contribution is -0.0876. The number of ether oxygens (including phenoxy) is 2. The summed E-state index contributed by atoms with van der Waals surface area (Å²) >= 11 is 0. The van der Waals surface area contributed by atoms with Crippen molar-refractivity contribution >= 4 is 9.52 Å². The third kappa shape index (κ3) is 4.93. The van der Waals surface area contributed by atoms with Crippen LogP contribution in [0.1, 0.15) is 0 Å². The highest BCUT2D eigenvalue weighted by molar-refractivity contribution is 6.35. The summed E-state index contributed by atoms with van der Waals surface area (Å²) in [5, 5.41) is 0. The predicted octanol–water partition coefficient (Wildman–Crippen LogP) is -0.431. The number of rotatable bonds is 6. The van der Waals surface area contributed by atoms with Gasteiger partial charge in [0.15, 0.2) is 6.29 Å². The fourth-order valence-corrected chi connectivity index (χ4v) is 2.17. The molecule has 0 bridgehead atoms. The van der Waals surface area contributed by atoms with Gasteiger partial charge in [-0.05, 0) is 12.6 Å². The van der Waals surface area contributed by atoms with Gasteiger partial charge in [0.1, 0.15) is 0 Å². The van der Waals surface area contributed by atoms with Crippen LogP contribution in [0.15, 0.2) is 0 Å². The molecule has 0 aliphatic heterocycles. The minimum atomic E-state index is -0.0331. The monoisotopic (exact) mass is 163 g/mol. The Labute approximate surface area is 64.7 Å². The summed E-state index contributed by atoms with van der Waals surface area (Å²) in [4.78, 5) is 0. The average Bonchev–Trinajstić information content (AvgIpc) is 1.99. The number of methoxy groups -OCH3 is 2. The Balaban J connectivity index is 3.09. The van der Waals surface area contributed by atoms with E-state index in [2.05, 4.69) is 0 Å². The molecule has 0 aliphatic carbocycles. The van der Waals surface area contributed by atoms with Crippen molar-refractivity contribution in [2.45, 2.75) is 18.4 Å². The maximum absolute atomic E-state index is 5.35. The fraction of sp³-hybridized carbons (Fsp3) is 1.00. The Morgan fingerprint density at radius 3 is 2.40 bits per heavy atom. The van der Waals surface area contributed by atoms with Gasteiger partial charge in [-0.2, -0.15) is 0 Å². The molecule has 10 heavy (non-hydrogen) atoms. The Hall–Kier alpha value is 0.0969. The minimum Gasteiger partial charge on any atom is -0.356 e. The van der Waals surface area contributed by atoms with Crippen molar-refractivity contribution in [3.8, 4) is 0 Å². The molecular weight excluding hydrogens is 146 g/mol. The molecule has 3 nitrogen and oxygen atoms in total. The van der Waals surface area contributed by atoms with Crippen LogP contribution in [0, 0.1) is 0 Å². The first-order valence-electron chi connectivity index (χ1n) is 3.60. The summed E-state index contributed by atoms with van der Waals surface area (Å²) in [7, 11) is 3.31. The standard InChI is InChI=1S/C6H17NO2Si/c1-8-6(9-2)5-10-4-3-7/h6H,3-5,7,10H2,1-2H3. The third-order valence-corrected chi connectivity index (χ3v) is 3.21. The lowest BCUT2D eigenvalue weighted by Crippen LogP contribution is -2.16. The van der Waals surface area contributed by atoms with Crippen molar-refractivity contribution in [3.05, 3.63) is 0 Å². The number of hydrogen-bond donors (Lipinski definition) is 1. The van der Waals surface area contributed by atoms with E-state index in [1.165, 1.54) is 6.04 Å². The molecule has 2 N–H and O–H groups in total. The van der Waals surface area contributed by atoms with Gasteiger partial charge in [0.2, 0.25) is 0 Å². The highest BCUT2D eigenvalue weighted by Gasteiger charge is 2.02. The molecule has 0 aliphatic rings. The highest BCUT2D eigenvalue weighted by atomic mass is 28.2. The molecule has 0 spiro atoms. The largest absolute Gasteiger partial charge is 0.356 e. The zero-order chi connectivity index (χ0) is 7.82. The highest BCUT2D eigenvalue weighted by Crippen LogP contribution is 1.98. The minimum absolute atomic E-state index is 0.0122. The SMILES string of the molecule is COC(C[SiH2]CCN)OC. The second-order valence-electron chi connectivity index (χ2n) is 2.19. The van der Waals surface area contributed by atoms with Crippen molar-refractivity contribution in [1.29, 1.82) is 0 Å². The van der Waals surface area contributed by atoms with E-state index in [1.54, 1.807) is 14.2 Å². The van der Waals surface area contributed by atoms with Gasteiger partial charge in [-0.15, -0.1) is 0 Å². The van der Waals surface area contributed by atoms with Gasteiger partial charge >= 0.3 is 0 Å². The first kappa shape index (κ1) is 10.1. The van der Waals surface area contributed by atoms with E-state index in [1.807, 2.05) is 0 Å². The van der Waals surface area contributed by atoms with Crippen LogP contribution in [-0.4, -0.2) is 36.6 Å². The number of nitrogens with two attached hydrogens (primary N) is 1. The summed E-state index contributed by atoms with van der Waals surface area (Å²) in [6.45, 7) is 0.812. The van der Waals surface area contributed by atoms with Crippen molar-refractivity contribution in [2.75, 3.05) is 20.8 Å². The normalized spacial score (nSPS) is 12.0. The summed E-state index contributed by atoms with van der Waals surface area (Å²) < 4.78 is 10.0. The fourth-order valence-electron chi connectivity index (χ4n) is 0.787. The first-order chi connectivity index (χ1) is 4.85. The quantitative estimate of drug-likeness (QED) is 0.328. The van der Waals surface area contributed by atoms with E-state index >= 15 is 0 Å². The maximum atomic E-state index is 5.35. The van der Waals surface area contributed by atoms with Crippen LogP contribution < -0.4 is 5.73 Å². The van der Waals surface area contributed by atoms with Crippen molar-refractivity contribution < 1.29 is 9.47 Å². The van der Waals surface area contributed by atoms with E-state index in [4.69, 9.17) is 15.2 Å². The second kappa shape index (κ2) is 7.21. The predicted molar refractivity (Wildman–Crippen MR) is 45.0 cm³/mol. The van der Waals surface area contributed by atoms with E-state index in [0.29, 0.717) is 0 Å². The topological polar surface area (TPSA) is 44.5 Å². The zero-order valence-electron chi connectivity index (χ0n) is 6.80. The smallest absolute Gasteiger partial charge is 0.153 e. The molecule has 0 aromatic heterocycles. The van der Waals surface area contributed by atoms with E-state index in [0.717, 1.165) is 12.6 Å². The van der Waals surface area contributed by atoms with Crippen molar-refractivity contribution in [2.24, 2.45) is 5.73 Å². The van der Waals surface area contributed by atoms with Crippen LogP contribution in [-0.2, 0) is 9.47 Å². The van der Waals surface area contributed by atoms with Gasteiger partial charge in [0, 0.05) is 23.7 Å². The molecule has 0 saturated carbocycles. The Kier molecular flexibility index (Phi) is 7.28. The van der Waals surface area contributed by atoms with Gasteiger partial charge in [-0.25, -0.2) is 0 Å². The lowest BCUT2D eigenvalue weighted by atomic mass is 10.7. The van der Waals surface area contributed by atoms with Gasteiger partial charge in [-0.3, -0.25) is 0 Å². The van der Waals surface area contributed by atoms with Crippen LogP contribution in [0.3, 0.4) is 0 Å². The molecule has 4 heteroatoms. The Morgan fingerprint density at radius 2 is 2.00 bits per heavy atom. The van der Waals surface area contributed by atoms with E-state index in [-0.39, 0.29) is 15.8 Å². The molecule has 0 rings (SSSR count).